The first-order valence-electron chi connectivity index (χ1n) is 7.02. The molecule has 0 saturated carbocycles. The number of hydrogen-bond donors (Lipinski definition) is 1. The van der Waals surface area contributed by atoms with Crippen LogP contribution in [0.3, 0.4) is 0 Å². The minimum atomic E-state index is -3.63. The molecule has 1 aliphatic heterocycles. The van der Waals surface area contributed by atoms with Crippen LogP contribution in [0.2, 0.25) is 0 Å². The molecule has 2 heterocycles. The molecule has 1 atom stereocenters. The molecule has 1 aromatic rings. The first-order valence-corrected chi connectivity index (χ1v) is 8.46. The smallest absolute Gasteiger partial charge is 0.325 e. The summed E-state index contributed by atoms with van der Waals surface area (Å²) in [6, 6.07) is -0.0367. The van der Waals surface area contributed by atoms with Crippen LogP contribution in [0.5, 0.6) is 0 Å². The molecule has 2 rings (SSSR count). The lowest BCUT2D eigenvalue weighted by atomic mass is 10.1. The third-order valence-corrected chi connectivity index (χ3v) is 6.18. The molecule has 7 nitrogen and oxygen atoms in total. The lowest BCUT2D eigenvalue weighted by molar-refractivity contribution is -0.137. The van der Waals surface area contributed by atoms with Crippen molar-refractivity contribution >= 4 is 16.0 Å². The monoisotopic (exact) mass is 315 g/mol. The number of aryl methyl sites for hydroxylation is 1. The average molecular weight is 315 g/mol. The molecule has 0 amide bonds. The highest BCUT2D eigenvalue weighted by molar-refractivity contribution is 7.89. The van der Waals surface area contributed by atoms with Gasteiger partial charge in [-0.05, 0) is 33.6 Å². The molecule has 1 aliphatic rings. The van der Waals surface area contributed by atoms with Gasteiger partial charge in [0.05, 0.1) is 11.4 Å². The van der Waals surface area contributed by atoms with Crippen LogP contribution in [-0.4, -0.2) is 46.2 Å². The highest BCUT2D eigenvalue weighted by Gasteiger charge is 2.35. The second-order valence-corrected chi connectivity index (χ2v) is 7.34. The molecule has 0 radical (unpaired) electrons. The summed E-state index contributed by atoms with van der Waals surface area (Å²) in [6.45, 7) is 5.28. The summed E-state index contributed by atoms with van der Waals surface area (Å²) in [6.07, 6.45) is 2.73. The van der Waals surface area contributed by atoms with Gasteiger partial charge in [-0.25, -0.2) is 8.42 Å². The van der Waals surface area contributed by atoms with E-state index in [4.69, 9.17) is 5.11 Å². The fourth-order valence-electron chi connectivity index (χ4n) is 2.88. The number of hydrogen-bond acceptors (Lipinski definition) is 4. The van der Waals surface area contributed by atoms with E-state index in [9.17, 15) is 13.2 Å². The van der Waals surface area contributed by atoms with Gasteiger partial charge >= 0.3 is 5.97 Å². The molecule has 1 unspecified atom stereocenters. The normalized spacial score (nSPS) is 20.6. The van der Waals surface area contributed by atoms with E-state index in [1.807, 2.05) is 6.92 Å². The van der Waals surface area contributed by atoms with Gasteiger partial charge in [0.15, 0.2) is 0 Å². The van der Waals surface area contributed by atoms with Crippen LogP contribution in [0.1, 0.15) is 37.6 Å². The minimum absolute atomic E-state index is 0.0367. The summed E-state index contributed by atoms with van der Waals surface area (Å²) in [7, 11) is -3.63. The number of aliphatic carboxylic acids is 1. The van der Waals surface area contributed by atoms with Crippen molar-refractivity contribution in [2.24, 2.45) is 0 Å². The van der Waals surface area contributed by atoms with Gasteiger partial charge in [0, 0.05) is 12.6 Å². The number of aromatic nitrogens is 2. The van der Waals surface area contributed by atoms with E-state index < -0.39 is 16.0 Å². The maximum Gasteiger partial charge on any atom is 0.325 e. The van der Waals surface area contributed by atoms with Gasteiger partial charge in [0.25, 0.3) is 0 Å². The predicted molar refractivity (Wildman–Crippen MR) is 76.5 cm³/mol. The molecule has 0 aliphatic carbocycles. The quantitative estimate of drug-likeness (QED) is 0.899. The van der Waals surface area contributed by atoms with Crippen molar-refractivity contribution in [1.29, 1.82) is 0 Å². The molecule has 0 spiro atoms. The van der Waals surface area contributed by atoms with Crippen molar-refractivity contribution < 1.29 is 18.3 Å². The Labute approximate surface area is 124 Å². The van der Waals surface area contributed by atoms with Gasteiger partial charge in [-0.3, -0.25) is 9.48 Å². The van der Waals surface area contributed by atoms with E-state index in [0.717, 1.165) is 19.3 Å². The van der Waals surface area contributed by atoms with Crippen LogP contribution >= 0.6 is 0 Å². The Morgan fingerprint density at radius 2 is 2.05 bits per heavy atom. The molecule has 1 N–H and O–H groups in total. The number of piperidine rings is 1. The molecule has 8 heteroatoms. The van der Waals surface area contributed by atoms with E-state index in [-0.39, 0.29) is 17.5 Å². The summed E-state index contributed by atoms with van der Waals surface area (Å²) in [5.74, 6) is -1.05. The molecule has 0 aromatic carbocycles. The van der Waals surface area contributed by atoms with Gasteiger partial charge in [0.2, 0.25) is 10.0 Å². The molecule has 1 fully saturated rings. The van der Waals surface area contributed by atoms with Crippen molar-refractivity contribution in [2.45, 2.75) is 57.5 Å². The summed E-state index contributed by atoms with van der Waals surface area (Å²) in [5, 5.41) is 12.9. The van der Waals surface area contributed by atoms with Gasteiger partial charge in [-0.1, -0.05) is 6.42 Å². The Morgan fingerprint density at radius 3 is 2.62 bits per heavy atom. The Balaban J connectivity index is 2.45. The lowest BCUT2D eigenvalue weighted by Gasteiger charge is -2.32. The molecular weight excluding hydrogens is 294 g/mol. The Bertz CT molecular complexity index is 651. The molecule has 1 aromatic heterocycles. The maximum atomic E-state index is 12.9. The third kappa shape index (κ3) is 2.96. The van der Waals surface area contributed by atoms with Crippen LogP contribution in [0, 0.1) is 13.8 Å². The molecule has 118 valence electrons. The lowest BCUT2D eigenvalue weighted by Crippen LogP contribution is -2.42. The summed E-state index contributed by atoms with van der Waals surface area (Å²) < 4.78 is 28.5. The SMILES string of the molecule is Cc1nn(CC(=O)O)c(C)c1S(=O)(=O)N1CCCCC1C. The fraction of sp³-hybridized carbons (Fsp3) is 0.692. The topological polar surface area (TPSA) is 92.5 Å². The fourth-order valence-corrected chi connectivity index (χ4v) is 4.96. The van der Waals surface area contributed by atoms with Crippen LogP contribution in [-0.2, 0) is 21.4 Å². The van der Waals surface area contributed by atoms with Crippen LogP contribution in [0.4, 0.5) is 0 Å². The largest absolute Gasteiger partial charge is 0.480 e. The summed E-state index contributed by atoms with van der Waals surface area (Å²) in [5.41, 5.74) is 0.735. The Hall–Kier alpha value is -1.41. The van der Waals surface area contributed by atoms with E-state index in [1.165, 1.54) is 8.99 Å². The number of rotatable bonds is 4. The van der Waals surface area contributed by atoms with E-state index in [2.05, 4.69) is 5.10 Å². The highest BCUT2D eigenvalue weighted by atomic mass is 32.2. The van der Waals surface area contributed by atoms with Crippen molar-refractivity contribution in [3.63, 3.8) is 0 Å². The van der Waals surface area contributed by atoms with Gasteiger partial charge < -0.3 is 5.11 Å². The highest BCUT2D eigenvalue weighted by Crippen LogP contribution is 2.28. The van der Waals surface area contributed by atoms with Gasteiger partial charge in [-0.15, -0.1) is 0 Å². The van der Waals surface area contributed by atoms with Crippen LogP contribution < -0.4 is 0 Å². The number of carbonyl (C=O) groups is 1. The van der Waals surface area contributed by atoms with Crippen molar-refractivity contribution in [3.8, 4) is 0 Å². The average Bonchev–Trinajstić information content (AvgIpc) is 2.64. The standard InChI is InChI=1S/C13H21N3O4S/c1-9-6-4-5-7-16(9)21(19,20)13-10(2)14-15(11(13)3)8-12(17)18/h9H,4-8H2,1-3H3,(H,17,18). The molecule has 0 bridgehead atoms. The summed E-state index contributed by atoms with van der Waals surface area (Å²) in [4.78, 5) is 11.0. The number of carboxylic acid groups (broad SMARTS) is 1. The molecule has 21 heavy (non-hydrogen) atoms. The van der Waals surface area contributed by atoms with E-state index in [1.54, 1.807) is 13.8 Å². The van der Waals surface area contributed by atoms with Crippen molar-refractivity contribution in [1.82, 2.24) is 14.1 Å². The van der Waals surface area contributed by atoms with E-state index >= 15 is 0 Å². The van der Waals surface area contributed by atoms with Crippen LogP contribution in [0.15, 0.2) is 4.90 Å². The maximum absolute atomic E-state index is 12.9. The number of nitrogens with zero attached hydrogens (tertiary/aromatic N) is 3. The second-order valence-electron chi connectivity index (χ2n) is 5.51. The number of carboxylic acids is 1. The first-order chi connectivity index (χ1) is 9.75. The van der Waals surface area contributed by atoms with Gasteiger partial charge in [-0.2, -0.15) is 9.40 Å². The third-order valence-electron chi connectivity index (χ3n) is 3.91. The Kier molecular flexibility index (Phi) is 4.38. The van der Waals surface area contributed by atoms with Gasteiger partial charge in [0.1, 0.15) is 11.4 Å². The van der Waals surface area contributed by atoms with Crippen LogP contribution in [0.25, 0.3) is 0 Å². The van der Waals surface area contributed by atoms with Crippen molar-refractivity contribution in [2.75, 3.05) is 6.54 Å². The number of sulfonamides is 1. The summed E-state index contributed by atoms with van der Waals surface area (Å²) >= 11 is 0. The second kappa shape index (κ2) is 5.76. The Morgan fingerprint density at radius 1 is 1.38 bits per heavy atom. The zero-order valence-electron chi connectivity index (χ0n) is 12.5. The molecular formula is C13H21N3O4S. The zero-order valence-corrected chi connectivity index (χ0v) is 13.4. The molecule has 1 saturated heterocycles. The zero-order chi connectivity index (χ0) is 15.8. The predicted octanol–water partition coefficient (Wildman–Crippen LogP) is 1.15. The van der Waals surface area contributed by atoms with E-state index in [0.29, 0.717) is 17.9 Å². The minimum Gasteiger partial charge on any atom is -0.480 e. The van der Waals surface area contributed by atoms with Crippen molar-refractivity contribution in [3.05, 3.63) is 11.4 Å². The first kappa shape index (κ1) is 16.0.